The van der Waals surface area contributed by atoms with E-state index < -0.39 is 0 Å². The minimum atomic E-state index is 0.513. The summed E-state index contributed by atoms with van der Waals surface area (Å²) in [5.41, 5.74) is 2.40. The zero-order valence-electron chi connectivity index (χ0n) is 13.1. The number of aryl methyl sites for hydroxylation is 1. The Labute approximate surface area is 126 Å². The molecule has 0 amide bonds. The second kappa shape index (κ2) is 7.77. The summed E-state index contributed by atoms with van der Waals surface area (Å²) in [5.74, 6) is 0. The molecule has 112 valence electrons. The molecule has 0 bridgehead atoms. The molecular formula is C16H27N3S. The number of thiazole rings is 1. The Balaban J connectivity index is 2.20. The van der Waals surface area contributed by atoms with Crippen molar-refractivity contribution in [3.63, 3.8) is 0 Å². The van der Waals surface area contributed by atoms with Crippen molar-refractivity contribution >= 4 is 17.0 Å². The van der Waals surface area contributed by atoms with Crippen LogP contribution >= 0.6 is 11.3 Å². The Hall–Kier alpha value is -0.900. The van der Waals surface area contributed by atoms with E-state index >= 15 is 0 Å². The number of hydrogen-bond acceptors (Lipinski definition) is 3. The fraction of sp³-hybridized carbons (Fsp3) is 0.750. The van der Waals surface area contributed by atoms with Crippen LogP contribution in [0.4, 0.5) is 0 Å². The van der Waals surface area contributed by atoms with Crippen molar-refractivity contribution < 1.29 is 0 Å². The predicted molar refractivity (Wildman–Crippen MR) is 87.5 cm³/mol. The molecule has 0 radical (unpaired) electrons. The minimum absolute atomic E-state index is 0.513. The first-order valence-corrected chi connectivity index (χ1v) is 8.84. The molecule has 0 spiro atoms. The molecule has 1 aliphatic carbocycles. The van der Waals surface area contributed by atoms with E-state index in [1.54, 1.807) is 11.3 Å². The van der Waals surface area contributed by atoms with E-state index in [0.29, 0.717) is 6.04 Å². The highest BCUT2D eigenvalue weighted by atomic mass is 32.1. The van der Waals surface area contributed by atoms with Gasteiger partial charge in [-0.2, -0.15) is 5.10 Å². The van der Waals surface area contributed by atoms with Crippen molar-refractivity contribution in [1.29, 1.82) is 0 Å². The van der Waals surface area contributed by atoms with Gasteiger partial charge < -0.3 is 0 Å². The Morgan fingerprint density at radius 2 is 2.10 bits per heavy atom. The SMILES string of the molecule is CCCCC(C)=Nn1c(C)csc1=NC1CCCCC1. The van der Waals surface area contributed by atoms with E-state index in [0.717, 1.165) is 11.2 Å². The molecule has 0 atom stereocenters. The van der Waals surface area contributed by atoms with Crippen molar-refractivity contribution in [2.45, 2.75) is 78.2 Å². The first-order valence-electron chi connectivity index (χ1n) is 7.96. The summed E-state index contributed by atoms with van der Waals surface area (Å²) in [4.78, 5) is 6.02. The lowest BCUT2D eigenvalue weighted by Crippen LogP contribution is -2.19. The third-order valence-electron chi connectivity index (χ3n) is 3.88. The molecule has 0 N–H and O–H groups in total. The van der Waals surface area contributed by atoms with Crippen molar-refractivity contribution in [2.75, 3.05) is 0 Å². The van der Waals surface area contributed by atoms with Crippen LogP contribution in [-0.4, -0.2) is 16.4 Å². The molecule has 2 rings (SSSR count). The average Bonchev–Trinajstić information content (AvgIpc) is 2.79. The van der Waals surface area contributed by atoms with Gasteiger partial charge in [-0.15, -0.1) is 11.3 Å². The van der Waals surface area contributed by atoms with Crippen LogP contribution in [0.1, 0.15) is 70.9 Å². The van der Waals surface area contributed by atoms with E-state index in [1.165, 1.54) is 56.4 Å². The van der Waals surface area contributed by atoms with Gasteiger partial charge in [0.25, 0.3) is 0 Å². The zero-order valence-corrected chi connectivity index (χ0v) is 13.9. The molecule has 1 heterocycles. The van der Waals surface area contributed by atoms with Gasteiger partial charge in [-0.25, -0.2) is 4.68 Å². The van der Waals surface area contributed by atoms with Gasteiger partial charge >= 0.3 is 0 Å². The normalized spacial score (nSPS) is 18.8. The molecule has 20 heavy (non-hydrogen) atoms. The lowest BCUT2D eigenvalue weighted by molar-refractivity contribution is 0.435. The number of nitrogens with zero attached hydrogens (tertiary/aromatic N) is 3. The second-order valence-electron chi connectivity index (χ2n) is 5.83. The molecule has 1 fully saturated rings. The molecule has 1 aromatic rings. The highest BCUT2D eigenvalue weighted by molar-refractivity contribution is 7.07. The average molecular weight is 293 g/mol. The van der Waals surface area contributed by atoms with Crippen molar-refractivity contribution in [1.82, 2.24) is 4.68 Å². The molecule has 3 nitrogen and oxygen atoms in total. The molecular weight excluding hydrogens is 266 g/mol. The van der Waals surface area contributed by atoms with Crippen LogP contribution in [0.2, 0.25) is 0 Å². The van der Waals surface area contributed by atoms with Gasteiger partial charge in [0, 0.05) is 11.1 Å². The maximum Gasteiger partial charge on any atom is 0.206 e. The molecule has 4 heteroatoms. The van der Waals surface area contributed by atoms with E-state index in [9.17, 15) is 0 Å². The maximum atomic E-state index is 4.95. The first kappa shape index (κ1) is 15.5. The van der Waals surface area contributed by atoms with Gasteiger partial charge in [0.05, 0.1) is 11.7 Å². The molecule has 0 aliphatic heterocycles. The van der Waals surface area contributed by atoms with Gasteiger partial charge in [0.1, 0.15) is 0 Å². The highest BCUT2D eigenvalue weighted by Crippen LogP contribution is 2.20. The monoisotopic (exact) mass is 293 g/mol. The number of hydrogen-bond donors (Lipinski definition) is 0. The number of rotatable bonds is 5. The van der Waals surface area contributed by atoms with Gasteiger partial charge in [0.15, 0.2) is 0 Å². The van der Waals surface area contributed by atoms with Gasteiger partial charge in [-0.3, -0.25) is 4.99 Å². The Morgan fingerprint density at radius 1 is 1.35 bits per heavy atom. The van der Waals surface area contributed by atoms with Crippen LogP contribution in [0.25, 0.3) is 0 Å². The zero-order chi connectivity index (χ0) is 14.4. The van der Waals surface area contributed by atoms with E-state index in [1.807, 2.05) is 4.68 Å². The predicted octanol–water partition coefficient (Wildman–Crippen LogP) is 4.51. The first-order chi connectivity index (χ1) is 9.70. The minimum Gasteiger partial charge on any atom is -0.254 e. The Morgan fingerprint density at radius 3 is 2.80 bits per heavy atom. The molecule has 0 aromatic carbocycles. The van der Waals surface area contributed by atoms with Crippen LogP contribution in [0.5, 0.6) is 0 Å². The molecule has 0 unspecified atom stereocenters. The van der Waals surface area contributed by atoms with Gasteiger partial charge in [-0.1, -0.05) is 32.6 Å². The highest BCUT2D eigenvalue weighted by Gasteiger charge is 2.12. The smallest absolute Gasteiger partial charge is 0.206 e. The van der Waals surface area contributed by atoms with Crippen LogP contribution in [-0.2, 0) is 0 Å². The van der Waals surface area contributed by atoms with Gasteiger partial charge in [0.2, 0.25) is 4.80 Å². The number of aromatic nitrogens is 1. The maximum absolute atomic E-state index is 4.95. The third kappa shape index (κ3) is 4.30. The summed E-state index contributed by atoms with van der Waals surface area (Å²) >= 11 is 1.72. The summed E-state index contributed by atoms with van der Waals surface area (Å²) in [6.07, 6.45) is 10.1. The van der Waals surface area contributed by atoms with Crippen molar-refractivity contribution in [2.24, 2.45) is 10.1 Å². The van der Waals surface area contributed by atoms with Crippen molar-refractivity contribution in [3.05, 3.63) is 15.9 Å². The summed E-state index contributed by atoms with van der Waals surface area (Å²) < 4.78 is 2.05. The Bertz CT molecular complexity index is 504. The molecule has 1 aliphatic rings. The topological polar surface area (TPSA) is 29.6 Å². The van der Waals surface area contributed by atoms with Crippen LogP contribution < -0.4 is 4.80 Å². The van der Waals surface area contributed by atoms with E-state index in [-0.39, 0.29) is 0 Å². The molecule has 1 saturated carbocycles. The summed E-state index contributed by atoms with van der Waals surface area (Å²) in [5, 5.41) is 6.94. The molecule has 1 aromatic heterocycles. The van der Waals surface area contributed by atoms with Gasteiger partial charge in [-0.05, 0) is 39.5 Å². The van der Waals surface area contributed by atoms with Crippen molar-refractivity contribution in [3.8, 4) is 0 Å². The van der Waals surface area contributed by atoms with E-state index in [2.05, 4.69) is 26.2 Å². The molecule has 0 saturated heterocycles. The van der Waals surface area contributed by atoms with Crippen LogP contribution in [0, 0.1) is 6.92 Å². The lowest BCUT2D eigenvalue weighted by atomic mass is 9.96. The fourth-order valence-corrected chi connectivity index (χ4v) is 3.49. The second-order valence-corrected chi connectivity index (χ2v) is 6.67. The van der Waals surface area contributed by atoms with Crippen LogP contribution in [0.15, 0.2) is 15.5 Å². The summed E-state index contributed by atoms with van der Waals surface area (Å²) in [6.45, 7) is 6.47. The quantitative estimate of drug-likeness (QED) is 0.715. The lowest BCUT2D eigenvalue weighted by Gasteiger charge is -2.16. The standard InChI is InChI=1S/C16H27N3S/c1-4-5-9-13(2)18-19-14(3)12-20-16(19)17-15-10-7-6-8-11-15/h12,15H,4-11H2,1-3H3. The summed E-state index contributed by atoms with van der Waals surface area (Å²) in [7, 11) is 0. The summed E-state index contributed by atoms with van der Waals surface area (Å²) in [6, 6.07) is 0.513. The fourth-order valence-electron chi connectivity index (χ4n) is 2.62. The third-order valence-corrected chi connectivity index (χ3v) is 4.83. The van der Waals surface area contributed by atoms with E-state index in [4.69, 9.17) is 10.1 Å². The Kier molecular flexibility index (Phi) is 6.02. The number of unbranched alkanes of at least 4 members (excludes halogenated alkanes) is 1. The van der Waals surface area contributed by atoms with Crippen LogP contribution in [0.3, 0.4) is 0 Å². The largest absolute Gasteiger partial charge is 0.254 e.